The summed E-state index contributed by atoms with van der Waals surface area (Å²) in [7, 11) is 0. The molecule has 4 nitrogen and oxygen atoms in total. The number of nitro groups is 1. The van der Waals surface area contributed by atoms with E-state index in [-0.39, 0.29) is 16.7 Å². The third kappa shape index (κ3) is 3.77. The molecule has 2 aromatic carbocycles. The molecule has 2 aromatic rings. The lowest BCUT2D eigenvalue weighted by Gasteiger charge is -2.22. The maximum absolute atomic E-state index is 10.8. The largest absolute Gasteiger partial charge is 0.378 e. The van der Waals surface area contributed by atoms with Gasteiger partial charge in [-0.05, 0) is 42.5 Å². The number of nitro benzene ring substituents is 1. The third-order valence-corrected chi connectivity index (χ3v) is 4.21. The van der Waals surface area contributed by atoms with Gasteiger partial charge in [0, 0.05) is 17.8 Å². The second-order valence-electron chi connectivity index (χ2n) is 5.81. The molecule has 0 aliphatic heterocycles. The van der Waals surface area contributed by atoms with Crippen LogP contribution >= 0.6 is 0 Å². The first-order valence-corrected chi connectivity index (χ1v) is 8.00. The number of non-ortho nitro benzene ring substituents is 1. The average Bonchev–Trinajstić information content (AvgIpc) is 2.81. The van der Waals surface area contributed by atoms with Gasteiger partial charge in [0.2, 0.25) is 0 Å². The Morgan fingerprint density at radius 2 is 1.74 bits per heavy atom. The van der Waals surface area contributed by atoms with Crippen LogP contribution in [0.25, 0.3) is 5.57 Å². The summed E-state index contributed by atoms with van der Waals surface area (Å²) in [5.74, 6) is 0. The Hall–Kier alpha value is -2.62. The summed E-state index contributed by atoms with van der Waals surface area (Å²) >= 11 is 0. The summed E-state index contributed by atoms with van der Waals surface area (Å²) in [6, 6.07) is 17.3. The Morgan fingerprint density at radius 1 is 1.00 bits per heavy atom. The molecule has 0 saturated heterocycles. The first kappa shape index (κ1) is 15.3. The van der Waals surface area contributed by atoms with Crippen LogP contribution in [0.1, 0.15) is 31.2 Å². The predicted molar refractivity (Wildman–Crippen MR) is 93.4 cm³/mol. The Balaban J connectivity index is 1.82. The van der Waals surface area contributed by atoms with Gasteiger partial charge in [-0.2, -0.15) is 0 Å². The summed E-state index contributed by atoms with van der Waals surface area (Å²) in [5.41, 5.74) is 3.61. The molecular formula is C19H20N2O2. The Bertz CT molecular complexity index is 693. The molecule has 0 heterocycles. The van der Waals surface area contributed by atoms with Crippen molar-refractivity contribution in [3.63, 3.8) is 0 Å². The number of hydrogen-bond acceptors (Lipinski definition) is 3. The molecule has 3 rings (SSSR count). The number of hydrogen-bond donors (Lipinski definition) is 1. The van der Waals surface area contributed by atoms with Crippen LogP contribution in [0.15, 0.2) is 60.7 Å². The second-order valence-corrected chi connectivity index (χ2v) is 5.81. The summed E-state index contributed by atoms with van der Waals surface area (Å²) < 4.78 is 0. The van der Waals surface area contributed by atoms with Crippen molar-refractivity contribution in [1.82, 2.24) is 0 Å². The highest BCUT2D eigenvalue weighted by molar-refractivity contribution is 5.73. The first-order valence-electron chi connectivity index (χ1n) is 8.00. The fourth-order valence-corrected chi connectivity index (χ4v) is 3.03. The lowest BCUT2D eigenvalue weighted by molar-refractivity contribution is -0.384. The molecule has 23 heavy (non-hydrogen) atoms. The topological polar surface area (TPSA) is 55.2 Å². The van der Waals surface area contributed by atoms with Crippen molar-refractivity contribution >= 4 is 16.9 Å². The molecule has 0 saturated carbocycles. The van der Waals surface area contributed by atoms with Crippen LogP contribution in [-0.2, 0) is 0 Å². The van der Waals surface area contributed by atoms with E-state index in [1.807, 2.05) is 6.07 Å². The molecule has 1 atom stereocenters. The van der Waals surface area contributed by atoms with E-state index in [1.165, 1.54) is 24.0 Å². The SMILES string of the molecule is O=[N+]([O-])c1ccc(NC2CCCCC=C2c2ccccc2)cc1. The number of allylic oxidation sites excluding steroid dienone is 1. The van der Waals surface area contributed by atoms with Gasteiger partial charge < -0.3 is 5.32 Å². The molecule has 0 amide bonds. The van der Waals surface area contributed by atoms with Crippen molar-refractivity contribution in [1.29, 1.82) is 0 Å². The van der Waals surface area contributed by atoms with E-state index in [2.05, 4.69) is 35.7 Å². The number of rotatable bonds is 4. The van der Waals surface area contributed by atoms with Crippen LogP contribution < -0.4 is 5.32 Å². The molecule has 1 unspecified atom stereocenters. The van der Waals surface area contributed by atoms with Crippen molar-refractivity contribution in [3.8, 4) is 0 Å². The minimum absolute atomic E-state index is 0.121. The van der Waals surface area contributed by atoms with Gasteiger partial charge in [0.1, 0.15) is 0 Å². The van der Waals surface area contributed by atoms with E-state index in [9.17, 15) is 10.1 Å². The first-order chi connectivity index (χ1) is 11.2. The molecule has 4 heteroatoms. The van der Waals surface area contributed by atoms with Gasteiger partial charge in [-0.1, -0.05) is 42.8 Å². The Morgan fingerprint density at radius 3 is 2.43 bits per heavy atom. The fraction of sp³-hybridized carbons (Fsp3) is 0.263. The molecule has 0 fully saturated rings. The smallest absolute Gasteiger partial charge is 0.269 e. The van der Waals surface area contributed by atoms with Crippen molar-refractivity contribution in [2.75, 3.05) is 5.32 Å². The highest BCUT2D eigenvalue weighted by atomic mass is 16.6. The molecule has 1 N–H and O–H groups in total. The minimum atomic E-state index is -0.370. The summed E-state index contributed by atoms with van der Waals surface area (Å²) in [5, 5.41) is 14.3. The Labute approximate surface area is 136 Å². The van der Waals surface area contributed by atoms with Crippen LogP contribution in [-0.4, -0.2) is 11.0 Å². The highest BCUT2D eigenvalue weighted by Gasteiger charge is 2.18. The summed E-state index contributed by atoms with van der Waals surface area (Å²) in [6.45, 7) is 0. The van der Waals surface area contributed by atoms with Crippen LogP contribution in [0.4, 0.5) is 11.4 Å². The van der Waals surface area contributed by atoms with E-state index in [1.54, 1.807) is 24.3 Å². The van der Waals surface area contributed by atoms with E-state index >= 15 is 0 Å². The molecule has 118 valence electrons. The number of anilines is 1. The summed E-state index contributed by atoms with van der Waals surface area (Å²) in [6.07, 6.45) is 6.87. The number of nitrogens with zero attached hydrogens (tertiary/aromatic N) is 1. The minimum Gasteiger partial charge on any atom is -0.378 e. The molecule has 1 aliphatic carbocycles. The molecule has 0 aromatic heterocycles. The zero-order valence-electron chi connectivity index (χ0n) is 12.9. The van der Waals surface area contributed by atoms with Gasteiger partial charge in [-0.3, -0.25) is 10.1 Å². The van der Waals surface area contributed by atoms with Gasteiger partial charge in [0.25, 0.3) is 5.69 Å². The predicted octanol–water partition coefficient (Wildman–Crippen LogP) is 5.03. The maximum Gasteiger partial charge on any atom is 0.269 e. The van der Waals surface area contributed by atoms with Crippen molar-refractivity contribution in [2.24, 2.45) is 0 Å². The van der Waals surface area contributed by atoms with Crippen molar-refractivity contribution in [2.45, 2.75) is 31.7 Å². The van der Waals surface area contributed by atoms with Crippen LogP contribution in [0.3, 0.4) is 0 Å². The van der Waals surface area contributed by atoms with Gasteiger partial charge in [-0.15, -0.1) is 0 Å². The standard InChI is InChI=1S/C19H20N2O2/c22-21(23)17-13-11-16(12-14-17)20-19-10-6-2-5-9-18(19)15-7-3-1-4-8-15/h1,3-4,7-9,11-14,19-20H,2,5-6,10H2. The van der Waals surface area contributed by atoms with Crippen LogP contribution in [0, 0.1) is 10.1 Å². The second kappa shape index (κ2) is 7.09. The normalized spacial score (nSPS) is 17.9. The molecule has 1 aliphatic rings. The number of nitrogens with one attached hydrogen (secondary N) is 1. The van der Waals surface area contributed by atoms with Gasteiger partial charge in [0.15, 0.2) is 0 Å². The molecule has 0 bridgehead atoms. The third-order valence-electron chi connectivity index (χ3n) is 4.21. The van der Waals surface area contributed by atoms with E-state index < -0.39 is 0 Å². The fourth-order valence-electron chi connectivity index (χ4n) is 3.03. The lowest BCUT2D eigenvalue weighted by atomic mass is 9.96. The molecular weight excluding hydrogens is 288 g/mol. The highest BCUT2D eigenvalue weighted by Crippen LogP contribution is 2.29. The van der Waals surface area contributed by atoms with E-state index in [4.69, 9.17) is 0 Å². The number of benzene rings is 2. The van der Waals surface area contributed by atoms with Crippen LogP contribution in [0.5, 0.6) is 0 Å². The van der Waals surface area contributed by atoms with Gasteiger partial charge >= 0.3 is 0 Å². The Kier molecular flexibility index (Phi) is 4.71. The quantitative estimate of drug-likeness (QED) is 0.636. The zero-order chi connectivity index (χ0) is 16.1. The zero-order valence-corrected chi connectivity index (χ0v) is 12.9. The van der Waals surface area contributed by atoms with Crippen LogP contribution in [0.2, 0.25) is 0 Å². The monoisotopic (exact) mass is 308 g/mol. The lowest BCUT2D eigenvalue weighted by Crippen LogP contribution is -2.20. The molecule has 0 radical (unpaired) electrons. The van der Waals surface area contributed by atoms with E-state index in [0.29, 0.717) is 0 Å². The average molecular weight is 308 g/mol. The van der Waals surface area contributed by atoms with E-state index in [0.717, 1.165) is 18.5 Å². The van der Waals surface area contributed by atoms with Gasteiger partial charge in [-0.25, -0.2) is 0 Å². The van der Waals surface area contributed by atoms with Crippen molar-refractivity contribution < 1.29 is 4.92 Å². The maximum atomic E-state index is 10.8. The van der Waals surface area contributed by atoms with Crippen molar-refractivity contribution in [3.05, 3.63) is 76.4 Å². The molecule has 0 spiro atoms. The van der Waals surface area contributed by atoms with Gasteiger partial charge in [0.05, 0.1) is 11.0 Å². The summed E-state index contributed by atoms with van der Waals surface area (Å²) in [4.78, 5) is 10.4.